The van der Waals surface area contributed by atoms with Crippen LogP contribution >= 0.6 is 0 Å². The zero-order valence-electron chi connectivity index (χ0n) is 19.7. The van der Waals surface area contributed by atoms with Crippen LogP contribution < -0.4 is 14.8 Å². The van der Waals surface area contributed by atoms with Crippen LogP contribution in [0.15, 0.2) is 52.0 Å². The van der Waals surface area contributed by atoms with E-state index in [0.29, 0.717) is 17.9 Å². The lowest BCUT2D eigenvalue weighted by atomic mass is 9.95. The molecule has 10 heteroatoms. The molecule has 1 heterocycles. The molecule has 0 saturated heterocycles. The average molecular weight is 492 g/mol. The molecule has 1 aliphatic carbocycles. The fourth-order valence-electron chi connectivity index (χ4n) is 4.13. The van der Waals surface area contributed by atoms with Gasteiger partial charge in [-0.1, -0.05) is 26.2 Å². The maximum atomic E-state index is 13.2. The summed E-state index contributed by atoms with van der Waals surface area (Å²) in [5.74, 6) is 0.288. The highest BCUT2D eigenvalue weighted by Crippen LogP contribution is 2.19. The first-order valence-corrected chi connectivity index (χ1v) is 13.1. The summed E-state index contributed by atoms with van der Waals surface area (Å²) in [6, 6.07) is 8.64. The number of benzene rings is 1. The van der Waals surface area contributed by atoms with Gasteiger partial charge in [0.2, 0.25) is 21.8 Å². The smallest absolute Gasteiger partial charge is 0.243 e. The van der Waals surface area contributed by atoms with Gasteiger partial charge in [-0.25, -0.2) is 13.1 Å². The number of rotatable bonds is 11. The van der Waals surface area contributed by atoms with Crippen LogP contribution in [0.4, 0.5) is 0 Å². The zero-order valence-corrected chi connectivity index (χ0v) is 20.5. The molecule has 1 saturated carbocycles. The number of amides is 2. The molecule has 186 valence electrons. The van der Waals surface area contributed by atoms with Crippen molar-refractivity contribution in [3.63, 3.8) is 0 Å². The third-order valence-corrected chi connectivity index (χ3v) is 7.44. The third kappa shape index (κ3) is 6.83. The molecule has 0 unspecified atom stereocenters. The van der Waals surface area contributed by atoms with Gasteiger partial charge in [0, 0.05) is 6.04 Å². The first kappa shape index (κ1) is 25.8. The average Bonchev–Trinajstić information content (AvgIpc) is 3.36. The second-order valence-corrected chi connectivity index (χ2v) is 10.1. The van der Waals surface area contributed by atoms with Gasteiger partial charge in [0.1, 0.15) is 17.6 Å². The number of hydrogen-bond donors (Lipinski definition) is 2. The number of nitrogens with one attached hydrogen (secondary N) is 2. The molecule has 1 aromatic carbocycles. The van der Waals surface area contributed by atoms with Crippen LogP contribution in [0.3, 0.4) is 0 Å². The van der Waals surface area contributed by atoms with E-state index >= 15 is 0 Å². The second kappa shape index (κ2) is 12.0. The van der Waals surface area contributed by atoms with Gasteiger partial charge in [-0.15, -0.1) is 0 Å². The van der Waals surface area contributed by atoms with Gasteiger partial charge in [0.05, 0.1) is 31.4 Å². The molecular weight excluding hydrogens is 458 g/mol. The summed E-state index contributed by atoms with van der Waals surface area (Å²) in [5, 5.41) is 3.08. The van der Waals surface area contributed by atoms with Crippen molar-refractivity contribution in [1.82, 2.24) is 14.9 Å². The Hall–Kier alpha value is -2.85. The number of carbonyl (C=O) groups excluding carboxylic acids is 2. The van der Waals surface area contributed by atoms with Gasteiger partial charge >= 0.3 is 0 Å². The highest BCUT2D eigenvalue weighted by Gasteiger charge is 2.31. The van der Waals surface area contributed by atoms with Gasteiger partial charge in [-0.2, -0.15) is 0 Å². The van der Waals surface area contributed by atoms with Gasteiger partial charge in [-0.05, 0) is 55.7 Å². The van der Waals surface area contributed by atoms with Gasteiger partial charge in [-0.3, -0.25) is 9.59 Å². The second-order valence-electron chi connectivity index (χ2n) is 8.37. The van der Waals surface area contributed by atoms with E-state index in [1.807, 2.05) is 6.92 Å². The van der Waals surface area contributed by atoms with Crippen LogP contribution in [0.1, 0.15) is 51.2 Å². The summed E-state index contributed by atoms with van der Waals surface area (Å²) in [4.78, 5) is 27.7. The number of furan rings is 1. The fourth-order valence-corrected chi connectivity index (χ4v) is 5.11. The first-order chi connectivity index (χ1) is 16.3. The summed E-state index contributed by atoms with van der Waals surface area (Å²) in [6.07, 6.45) is 7.05. The molecule has 1 aliphatic rings. The predicted octanol–water partition coefficient (Wildman–Crippen LogP) is 2.82. The summed E-state index contributed by atoms with van der Waals surface area (Å²) in [5.41, 5.74) is 0. The maximum Gasteiger partial charge on any atom is 0.243 e. The Morgan fingerprint density at radius 2 is 1.85 bits per heavy atom. The number of hydrogen-bond acceptors (Lipinski definition) is 6. The van der Waals surface area contributed by atoms with Crippen molar-refractivity contribution in [3.05, 3.63) is 48.4 Å². The Balaban J connectivity index is 1.72. The molecule has 0 spiro atoms. The molecule has 1 atom stereocenters. The molecule has 1 aromatic heterocycles. The molecular formula is C24H33N3O6S. The summed E-state index contributed by atoms with van der Waals surface area (Å²) in [6.45, 7) is 1.41. The van der Waals surface area contributed by atoms with Crippen molar-refractivity contribution in [3.8, 4) is 5.75 Å². The predicted molar refractivity (Wildman–Crippen MR) is 127 cm³/mol. The monoisotopic (exact) mass is 491 g/mol. The van der Waals surface area contributed by atoms with Crippen molar-refractivity contribution >= 4 is 21.8 Å². The van der Waals surface area contributed by atoms with Crippen LogP contribution in [-0.2, 0) is 26.2 Å². The third-order valence-electron chi connectivity index (χ3n) is 6.03. The van der Waals surface area contributed by atoms with Gasteiger partial charge in [0.15, 0.2) is 0 Å². The van der Waals surface area contributed by atoms with E-state index in [1.165, 1.54) is 49.0 Å². The minimum atomic E-state index is -3.93. The highest BCUT2D eigenvalue weighted by molar-refractivity contribution is 7.89. The normalized spacial score (nSPS) is 15.5. The quantitative estimate of drug-likeness (QED) is 0.499. The van der Waals surface area contributed by atoms with Gasteiger partial charge in [0.25, 0.3) is 0 Å². The van der Waals surface area contributed by atoms with Crippen molar-refractivity contribution in [2.45, 2.75) is 69.0 Å². The Morgan fingerprint density at radius 3 is 2.44 bits per heavy atom. The molecule has 34 heavy (non-hydrogen) atoms. The van der Waals surface area contributed by atoms with E-state index in [4.69, 9.17) is 9.15 Å². The van der Waals surface area contributed by atoms with E-state index in [2.05, 4.69) is 10.0 Å². The SMILES string of the molecule is CC[C@H](C(=O)NC1CCCCC1)N(Cc1ccco1)C(=O)CNS(=O)(=O)c1ccc(OC)cc1. The van der Waals surface area contributed by atoms with E-state index in [9.17, 15) is 18.0 Å². The van der Waals surface area contributed by atoms with Crippen molar-refractivity contribution in [1.29, 1.82) is 0 Å². The maximum absolute atomic E-state index is 13.2. The van der Waals surface area contributed by atoms with Crippen LogP contribution in [-0.4, -0.2) is 50.9 Å². The van der Waals surface area contributed by atoms with Crippen LogP contribution in [0.2, 0.25) is 0 Å². The summed E-state index contributed by atoms with van der Waals surface area (Å²) in [7, 11) is -2.44. The molecule has 0 bridgehead atoms. The Bertz CT molecular complexity index is 1030. The molecule has 9 nitrogen and oxygen atoms in total. The Labute approximate surface area is 200 Å². The lowest BCUT2D eigenvalue weighted by Crippen LogP contribution is -2.53. The van der Waals surface area contributed by atoms with Gasteiger partial charge < -0.3 is 19.4 Å². The summed E-state index contributed by atoms with van der Waals surface area (Å²) >= 11 is 0. The number of nitrogens with zero attached hydrogens (tertiary/aromatic N) is 1. The van der Waals surface area contributed by atoms with E-state index in [0.717, 1.165) is 25.7 Å². The first-order valence-electron chi connectivity index (χ1n) is 11.6. The number of methoxy groups -OCH3 is 1. The summed E-state index contributed by atoms with van der Waals surface area (Å²) < 4.78 is 38.2. The highest BCUT2D eigenvalue weighted by atomic mass is 32.2. The largest absolute Gasteiger partial charge is 0.497 e. The lowest BCUT2D eigenvalue weighted by Gasteiger charge is -2.32. The van der Waals surface area contributed by atoms with E-state index < -0.39 is 28.5 Å². The molecule has 0 aliphatic heterocycles. The van der Waals surface area contributed by atoms with Crippen molar-refractivity contribution < 1.29 is 27.2 Å². The van der Waals surface area contributed by atoms with E-state index in [1.54, 1.807) is 12.1 Å². The van der Waals surface area contributed by atoms with Crippen LogP contribution in [0.5, 0.6) is 5.75 Å². The minimum Gasteiger partial charge on any atom is -0.497 e. The Morgan fingerprint density at radius 1 is 1.15 bits per heavy atom. The standard InChI is InChI=1S/C24H33N3O6S/c1-3-22(24(29)26-18-8-5-4-6-9-18)27(17-20-10-7-15-33-20)23(28)16-25-34(30,31)21-13-11-19(32-2)12-14-21/h7,10-15,18,22,25H,3-6,8-9,16-17H2,1-2H3,(H,26,29)/t22-/m1/s1. The number of ether oxygens (including phenoxy) is 1. The van der Waals surface area contributed by atoms with Crippen molar-refractivity contribution in [2.24, 2.45) is 0 Å². The number of carbonyl (C=O) groups is 2. The lowest BCUT2D eigenvalue weighted by molar-refractivity contribution is -0.141. The molecule has 0 radical (unpaired) electrons. The molecule has 3 rings (SSSR count). The number of sulfonamides is 1. The molecule has 2 amide bonds. The Kier molecular flexibility index (Phi) is 9.12. The van der Waals surface area contributed by atoms with Crippen molar-refractivity contribution in [2.75, 3.05) is 13.7 Å². The van der Waals surface area contributed by atoms with Crippen LogP contribution in [0.25, 0.3) is 0 Å². The molecule has 2 N–H and O–H groups in total. The van der Waals surface area contributed by atoms with Crippen LogP contribution in [0, 0.1) is 0 Å². The zero-order chi connectivity index (χ0) is 24.6. The molecule has 1 fully saturated rings. The molecule has 2 aromatic rings. The fraction of sp³-hybridized carbons (Fsp3) is 0.500. The minimum absolute atomic E-state index is 0.0146. The topological polar surface area (TPSA) is 118 Å². The van der Waals surface area contributed by atoms with E-state index in [-0.39, 0.29) is 23.4 Å².